The van der Waals surface area contributed by atoms with Crippen LogP contribution in [0.15, 0.2) is 53.6 Å². The van der Waals surface area contributed by atoms with Crippen molar-refractivity contribution in [3.63, 3.8) is 0 Å². The van der Waals surface area contributed by atoms with E-state index in [1.54, 1.807) is 37.3 Å². The standard InChI is InChI=1S/C37H48O14/c1-17-22(41)15-37(35(5,6)46)25(17)30(51-33(45)21-11-9-8-10-12-21)32(48-20(4)40)36(7)14-13-23(18(2)26(36)31(37)47-19(3)39)49-34-29(44)28(43)27(42)24(16-38)50-34/h8-12,23-24,26-32,34,38,42-44,46H,2,13-16H2,1,3-7H3/t23-,24-,26-,27+,28-,29+,30+,31+,32+,34-,36-,37-/m0/s1. The number of aliphatic hydroxyl groups excluding tert-OH is 4. The number of carbonyl (C=O) groups is 4. The molecule has 51 heavy (non-hydrogen) atoms. The molecule has 280 valence electrons. The third kappa shape index (κ3) is 6.56. The predicted octanol–water partition coefficient (Wildman–Crippen LogP) is 1.29. The highest BCUT2D eigenvalue weighted by Gasteiger charge is 2.72. The molecule has 1 saturated heterocycles. The molecule has 0 amide bonds. The Hall–Kier alpha value is -3.50. The van der Waals surface area contributed by atoms with E-state index >= 15 is 0 Å². The number of hydrogen-bond acceptors (Lipinski definition) is 14. The second kappa shape index (κ2) is 14.1. The number of hydrogen-bond donors (Lipinski definition) is 5. The zero-order valence-corrected chi connectivity index (χ0v) is 29.6. The number of esters is 3. The number of ketones is 1. The van der Waals surface area contributed by atoms with E-state index < -0.39 is 108 Å². The van der Waals surface area contributed by atoms with Gasteiger partial charge < -0.3 is 49.2 Å². The van der Waals surface area contributed by atoms with E-state index in [0.717, 1.165) is 0 Å². The van der Waals surface area contributed by atoms with E-state index in [1.165, 1.54) is 34.6 Å². The molecule has 1 aromatic rings. The largest absolute Gasteiger partial charge is 0.461 e. The fourth-order valence-electron chi connectivity index (χ4n) is 8.73. The third-order valence-corrected chi connectivity index (χ3v) is 11.3. The summed E-state index contributed by atoms with van der Waals surface area (Å²) in [4.78, 5) is 53.7. The Bertz CT molecular complexity index is 1580. The summed E-state index contributed by atoms with van der Waals surface area (Å²) in [5.74, 6) is -3.74. The topological polar surface area (TPSA) is 216 Å². The van der Waals surface area contributed by atoms with Gasteiger partial charge in [-0.1, -0.05) is 31.7 Å². The molecule has 1 aromatic carbocycles. The molecule has 0 bridgehead atoms. The quantitative estimate of drug-likeness (QED) is 0.146. The summed E-state index contributed by atoms with van der Waals surface area (Å²) in [6.07, 6.45) is -13.1. The first-order chi connectivity index (χ1) is 23.8. The number of Topliss-reactive ketones (excluding diaryl/α,β-unsaturated/α-hetero) is 1. The smallest absolute Gasteiger partial charge is 0.338 e. The number of ether oxygens (including phenoxy) is 5. The van der Waals surface area contributed by atoms with Gasteiger partial charge in [0.2, 0.25) is 0 Å². The molecule has 12 atom stereocenters. The van der Waals surface area contributed by atoms with Gasteiger partial charge in [0.1, 0.15) is 36.6 Å². The summed E-state index contributed by atoms with van der Waals surface area (Å²) in [5, 5.41) is 53.5. The minimum atomic E-state index is -1.84. The predicted molar refractivity (Wildman–Crippen MR) is 176 cm³/mol. The van der Waals surface area contributed by atoms with Crippen LogP contribution in [0.4, 0.5) is 0 Å². The number of benzene rings is 1. The van der Waals surface area contributed by atoms with Gasteiger partial charge in [-0.2, -0.15) is 0 Å². The highest BCUT2D eigenvalue weighted by atomic mass is 16.7. The van der Waals surface area contributed by atoms with Crippen LogP contribution in [0.25, 0.3) is 0 Å². The SMILES string of the molecule is C=C1[C@@H](O[C@H]2O[C@@H](CO)[C@@H](O)[C@H](O)[C@H]2O)CC[C@]2(C)[C@H](OC(C)=O)[C@H](OC(=O)c3ccccc3)C3=C(C)C(=O)C[C@@]3(C(C)(C)O)[C@H](OC(C)=O)[C@H]12. The van der Waals surface area contributed by atoms with Crippen LogP contribution in [-0.2, 0) is 38.1 Å². The Morgan fingerprint density at radius 2 is 1.59 bits per heavy atom. The van der Waals surface area contributed by atoms with Crippen molar-refractivity contribution < 1.29 is 68.4 Å². The Morgan fingerprint density at radius 1 is 0.980 bits per heavy atom. The highest BCUT2D eigenvalue weighted by Crippen LogP contribution is 2.65. The van der Waals surface area contributed by atoms with Crippen molar-refractivity contribution in [2.45, 2.75) is 122 Å². The summed E-state index contributed by atoms with van der Waals surface area (Å²) >= 11 is 0. The Labute approximate surface area is 296 Å². The van der Waals surface area contributed by atoms with Crippen molar-refractivity contribution in [2.75, 3.05) is 6.61 Å². The summed E-state index contributed by atoms with van der Waals surface area (Å²) in [5.41, 5.74) is -4.13. The molecule has 14 nitrogen and oxygen atoms in total. The fourth-order valence-corrected chi connectivity index (χ4v) is 8.73. The monoisotopic (exact) mass is 716 g/mol. The van der Waals surface area contributed by atoms with E-state index in [-0.39, 0.29) is 41.5 Å². The first kappa shape index (κ1) is 38.7. The van der Waals surface area contributed by atoms with E-state index in [2.05, 4.69) is 6.58 Å². The molecule has 14 heteroatoms. The minimum Gasteiger partial charge on any atom is -0.461 e. The zero-order valence-electron chi connectivity index (χ0n) is 29.6. The van der Waals surface area contributed by atoms with Gasteiger partial charge in [0, 0.05) is 31.6 Å². The molecule has 4 aliphatic rings. The molecule has 3 fully saturated rings. The summed E-state index contributed by atoms with van der Waals surface area (Å²) < 4.78 is 30.3. The van der Waals surface area contributed by atoms with Crippen LogP contribution >= 0.6 is 0 Å². The lowest BCUT2D eigenvalue weighted by atomic mass is 9.55. The van der Waals surface area contributed by atoms with Crippen molar-refractivity contribution >= 4 is 23.7 Å². The van der Waals surface area contributed by atoms with E-state index in [0.29, 0.717) is 0 Å². The summed E-state index contributed by atoms with van der Waals surface area (Å²) in [7, 11) is 0. The lowest BCUT2D eigenvalue weighted by molar-refractivity contribution is -0.311. The van der Waals surface area contributed by atoms with Gasteiger partial charge in [0.05, 0.1) is 29.3 Å². The lowest BCUT2D eigenvalue weighted by Crippen LogP contribution is -2.61. The number of allylic oxidation sites excluding steroid dienone is 1. The van der Waals surface area contributed by atoms with Crippen LogP contribution in [0.1, 0.15) is 71.2 Å². The van der Waals surface area contributed by atoms with Gasteiger partial charge in [0.25, 0.3) is 0 Å². The van der Waals surface area contributed by atoms with Crippen molar-refractivity contribution in [1.29, 1.82) is 0 Å². The van der Waals surface area contributed by atoms with Crippen LogP contribution in [-0.4, -0.2) is 117 Å². The second-order valence-electron chi connectivity index (χ2n) is 14.8. The zero-order chi connectivity index (χ0) is 37.8. The van der Waals surface area contributed by atoms with E-state index in [4.69, 9.17) is 23.7 Å². The van der Waals surface area contributed by atoms with Crippen molar-refractivity contribution in [1.82, 2.24) is 0 Å². The van der Waals surface area contributed by atoms with Gasteiger partial charge in [-0.05, 0) is 62.5 Å². The lowest BCUT2D eigenvalue weighted by Gasteiger charge is -2.54. The number of aliphatic hydroxyl groups is 5. The maximum atomic E-state index is 13.9. The maximum Gasteiger partial charge on any atom is 0.338 e. The van der Waals surface area contributed by atoms with Crippen LogP contribution in [0.5, 0.6) is 0 Å². The molecule has 3 aliphatic carbocycles. The highest BCUT2D eigenvalue weighted by molar-refractivity contribution is 6.00. The van der Waals surface area contributed by atoms with Crippen molar-refractivity contribution in [3.05, 3.63) is 59.2 Å². The third-order valence-electron chi connectivity index (χ3n) is 11.3. The molecule has 1 heterocycles. The first-order valence-corrected chi connectivity index (χ1v) is 17.0. The van der Waals surface area contributed by atoms with Gasteiger partial charge in [-0.15, -0.1) is 0 Å². The van der Waals surface area contributed by atoms with Crippen LogP contribution in [0, 0.1) is 16.7 Å². The maximum absolute atomic E-state index is 13.9. The Kier molecular flexibility index (Phi) is 10.7. The average molecular weight is 717 g/mol. The molecular weight excluding hydrogens is 668 g/mol. The molecule has 5 N–H and O–H groups in total. The molecule has 0 aromatic heterocycles. The molecular formula is C37H48O14. The van der Waals surface area contributed by atoms with Gasteiger partial charge in [-0.25, -0.2) is 4.79 Å². The molecule has 1 aliphatic heterocycles. The number of fused-ring (bicyclic) bond motifs is 2. The second-order valence-corrected chi connectivity index (χ2v) is 14.8. The molecule has 2 saturated carbocycles. The van der Waals surface area contributed by atoms with Crippen molar-refractivity contribution in [2.24, 2.45) is 16.7 Å². The minimum absolute atomic E-state index is 0.135. The number of rotatable bonds is 8. The molecule has 5 rings (SSSR count). The molecule has 0 radical (unpaired) electrons. The van der Waals surface area contributed by atoms with E-state index in [1.807, 2.05) is 0 Å². The Balaban J connectivity index is 1.72. The molecule has 0 spiro atoms. The summed E-state index contributed by atoms with van der Waals surface area (Å²) in [6.45, 7) is 12.2. The van der Waals surface area contributed by atoms with Gasteiger partial charge in [-0.3, -0.25) is 14.4 Å². The van der Waals surface area contributed by atoms with E-state index in [9.17, 15) is 44.7 Å². The van der Waals surface area contributed by atoms with Crippen LogP contribution in [0.3, 0.4) is 0 Å². The summed E-state index contributed by atoms with van der Waals surface area (Å²) in [6, 6.07) is 8.09. The Morgan fingerprint density at radius 3 is 2.16 bits per heavy atom. The fraction of sp³-hybridized carbons (Fsp3) is 0.622. The van der Waals surface area contributed by atoms with Crippen LogP contribution < -0.4 is 0 Å². The average Bonchev–Trinajstić information content (AvgIpc) is 3.30. The van der Waals surface area contributed by atoms with Gasteiger partial charge in [0.15, 0.2) is 18.2 Å². The van der Waals surface area contributed by atoms with Gasteiger partial charge >= 0.3 is 17.9 Å². The van der Waals surface area contributed by atoms with Crippen molar-refractivity contribution in [3.8, 4) is 0 Å². The molecule has 0 unspecified atom stereocenters. The van der Waals surface area contributed by atoms with Crippen LogP contribution in [0.2, 0.25) is 0 Å². The first-order valence-electron chi connectivity index (χ1n) is 17.0. The normalized spacial score (nSPS) is 38.3. The number of carbonyl (C=O) groups excluding carboxylic acids is 4.